The zero-order chi connectivity index (χ0) is 24.8. The molecule has 0 rings (SSSR count). The minimum atomic E-state index is 0.874. The van der Waals surface area contributed by atoms with Gasteiger partial charge in [-0.2, -0.15) is 0 Å². The molecule has 0 saturated carbocycles. The first kappa shape index (κ1) is 34.0. The highest BCUT2D eigenvalue weighted by atomic mass is 14.5. The van der Waals surface area contributed by atoms with Gasteiger partial charge in [0.1, 0.15) is 0 Å². The van der Waals surface area contributed by atoms with Gasteiger partial charge < -0.3 is 5.73 Å². The summed E-state index contributed by atoms with van der Waals surface area (Å²) in [6.45, 7) is 5.57. The Balaban J connectivity index is 3.00. The molecule has 0 aliphatic heterocycles. The van der Waals surface area contributed by atoms with Gasteiger partial charge in [0.15, 0.2) is 0 Å². The van der Waals surface area contributed by atoms with Crippen LogP contribution in [0.5, 0.6) is 0 Å². The third kappa shape index (κ3) is 32.0. The summed E-state index contributed by atoms with van der Waals surface area (Å²) in [6, 6.07) is 0. The quantitative estimate of drug-likeness (QED) is 0.102. The van der Waals surface area contributed by atoms with Crippen molar-refractivity contribution in [2.45, 2.75) is 200 Å². The van der Waals surface area contributed by atoms with Crippen molar-refractivity contribution in [2.75, 3.05) is 6.54 Å². The molecule has 0 radical (unpaired) electrons. The van der Waals surface area contributed by atoms with Crippen LogP contribution in [0.15, 0.2) is 0 Å². The fourth-order valence-electron chi connectivity index (χ4n) is 5.29. The van der Waals surface area contributed by atoms with Crippen molar-refractivity contribution in [3.8, 4) is 0 Å². The van der Waals surface area contributed by atoms with Gasteiger partial charge >= 0.3 is 0 Å². The van der Waals surface area contributed by atoms with Crippen LogP contribution in [0.25, 0.3) is 0 Å². The molecule has 0 bridgehead atoms. The molecule has 1 nitrogen and oxygen atoms in total. The monoisotopic (exact) mass is 480 g/mol. The van der Waals surface area contributed by atoms with E-state index in [0.717, 1.165) is 12.5 Å². The summed E-state index contributed by atoms with van der Waals surface area (Å²) in [5.41, 5.74) is 5.54. The summed E-state index contributed by atoms with van der Waals surface area (Å²) >= 11 is 0. The summed E-state index contributed by atoms with van der Waals surface area (Å²) < 4.78 is 0. The number of rotatable bonds is 30. The van der Waals surface area contributed by atoms with Crippen LogP contribution < -0.4 is 5.73 Å². The Morgan fingerprint density at radius 1 is 0.294 bits per heavy atom. The van der Waals surface area contributed by atoms with Crippen LogP contribution in [-0.2, 0) is 0 Å². The summed E-state index contributed by atoms with van der Waals surface area (Å²) in [6.07, 6.45) is 42.3. The minimum Gasteiger partial charge on any atom is -0.330 e. The lowest BCUT2D eigenvalue weighted by Gasteiger charge is -2.05. The standard InChI is InChI=1S/C33H69N/c1-33(2)31-29-27-25-23-21-19-17-15-13-11-9-7-5-3-4-6-8-10-12-14-16-18-20-22-24-26-28-30-32-34/h33H,3-32,34H2,1-2H3. The van der Waals surface area contributed by atoms with Gasteiger partial charge in [-0.05, 0) is 18.9 Å². The van der Waals surface area contributed by atoms with E-state index in [1.165, 1.54) is 186 Å². The topological polar surface area (TPSA) is 26.0 Å². The Kier molecular flexibility index (Phi) is 31.0. The summed E-state index contributed by atoms with van der Waals surface area (Å²) in [4.78, 5) is 0. The Labute approximate surface area is 218 Å². The van der Waals surface area contributed by atoms with Crippen molar-refractivity contribution in [1.29, 1.82) is 0 Å². The van der Waals surface area contributed by atoms with Crippen LogP contribution >= 0.6 is 0 Å². The SMILES string of the molecule is CC(C)CCCCCCCCCCCCCCCCCCCCCCCCCCCCCCN. The van der Waals surface area contributed by atoms with Crippen molar-refractivity contribution in [2.24, 2.45) is 11.7 Å². The van der Waals surface area contributed by atoms with Gasteiger partial charge in [-0.1, -0.05) is 194 Å². The third-order valence-electron chi connectivity index (χ3n) is 7.74. The normalized spacial score (nSPS) is 11.6. The average molecular weight is 480 g/mol. The van der Waals surface area contributed by atoms with Crippen LogP contribution in [0.2, 0.25) is 0 Å². The van der Waals surface area contributed by atoms with Crippen molar-refractivity contribution in [3.63, 3.8) is 0 Å². The molecule has 0 amide bonds. The van der Waals surface area contributed by atoms with E-state index in [-0.39, 0.29) is 0 Å². The number of unbranched alkanes of at least 4 members (excludes halogenated alkanes) is 27. The summed E-state index contributed by atoms with van der Waals surface area (Å²) in [5, 5.41) is 0. The van der Waals surface area contributed by atoms with Gasteiger partial charge in [-0.15, -0.1) is 0 Å². The Morgan fingerprint density at radius 2 is 0.471 bits per heavy atom. The molecule has 0 heterocycles. The predicted molar refractivity (Wildman–Crippen MR) is 158 cm³/mol. The zero-order valence-electron chi connectivity index (χ0n) is 24.4. The molecule has 0 aliphatic carbocycles. The maximum absolute atomic E-state index is 5.54. The Morgan fingerprint density at radius 3 is 0.647 bits per heavy atom. The highest BCUT2D eigenvalue weighted by Gasteiger charge is 1.97. The fourth-order valence-corrected chi connectivity index (χ4v) is 5.29. The summed E-state index contributed by atoms with van der Waals surface area (Å²) in [5.74, 6) is 0.895. The molecule has 0 aromatic rings. The maximum Gasteiger partial charge on any atom is -0.00773 e. The predicted octanol–water partition coefficient (Wildman–Crippen LogP) is 11.9. The van der Waals surface area contributed by atoms with E-state index in [2.05, 4.69) is 13.8 Å². The molecule has 0 fully saturated rings. The van der Waals surface area contributed by atoms with Crippen molar-refractivity contribution in [1.82, 2.24) is 0 Å². The highest BCUT2D eigenvalue weighted by Crippen LogP contribution is 2.16. The van der Waals surface area contributed by atoms with E-state index in [9.17, 15) is 0 Å². The van der Waals surface area contributed by atoms with E-state index in [1.807, 2.05) is 0 Å². The lowest BCUT2D eigenvalue weighted by atomic mass is 10.0. The van der Waals surface area contributed by atoms with Crippen LogP contribution in [0, 0.1) is 5.92 Å². The van der Waals surface area contributed by atoms with E-state index in [4.69, 9.17) is 5.73 Å². The molecule has 2 N–H and O–H groups in total. The molecule has 0 aromatic heterocycles. The van der Waals surface area contributed by atoms with E-state index in [1.54, 1.807) is 0 Å². The van der Waals surface area contributed by atoms with Gasteiger partial charge in [0.05, 0.1) is 0 Å². The van der Waals surface area contributed by atoms with Gasteiger partial charge in [0, 0.05) is 0 Å². The van der Waals surface area contributed by atoms with Crippen molar-refractivity contribution in [3.05, 3.63) is 0 Å². The molecule has 0 unspecified atom stereocenters. The lowest BCUT2D eigenvalue weighted by Crippen LogP contribution is -1.97. The fraction of sp³-hybridized carbons (Fsp3) is 1.00. The second-order valence-corrected chi connectivity index (χ2v) is 11.9. The van der Waals surface area contributed by atoms with Crippen LogP contribution in [0.3, 0.4) is 0 Å². The minimum absolute atomic E-state index is 0.874. The van der Waals surface area contributed by atoms with Gasteiger partial charge in [-0.3, -0.25) is 0 Å². The second kappa shape index (κ2) is 31.0. The van der Waals surface area contributed by atoms with Gasteiger partial charge in [0.2, 0.25) is 0 Å². The average Bonchev–Trinajstić information content (AvgIpc) is 2.83. The van der Waals surface area contributed by atoms with Crippen LogP contribution in [0.4, 0.5) is 0 Å². The Hall–Kier alpha value is -0.0400. The van der Waals surface area contributed by atoms with Crippen LogP contribution in [0.1, 0.15) is 200 Å². The number of nitrogens with two attached hydrogens (primary N) is 1. The molecule has 34 heavy (non-hydrogen) atoms. The zero-order valence-corrected chi connectivity index (χ0v) is 24.4. The first-order chi connectivity index (χ1) is 16.8. The molecule has 206 valence electrons. The maximum atomic E-state index is 5.54. The largest absolute Gasteiger partial charge is 0.330 e. The second-order valence-electron chi connectivity index (χ2n) is 11.9. The molecule has 0 spiro atoms. The third-order valence-corrected chi connectivity index (χ3v) is 7.74. The van der Waals surface area contributed by atoms with Crippen molar-refractivity contribution >= 4 is 0 Å². The molecule has 0 saturated heterocycles. The van der Waals surface area contributed by atoms with E-state index in [0.29, 0.717) is 0 Å². The number of hydrogen-bond acceptors (Lipinski definition) is 1. The smallest absolute Gasteiger partial charge is 0.00773 e. The first-order valence-corrected chi connectivity index (χ1v) is 16.5. The Bertz CT molecular complexity index is 337. The summed E-state index contributed by atoms with van der Waals surface area (Å²) in [7, 11) is 0. The molecular formula is C33H69N. The lowest BCUT2D eigenvalue weighted by molar-refractivity contribution is 0.500. The highest BCUT2D eigenvalue weighted by molar-refractivity contribution is 4.53. The molecule has 1 heteroatoms. The van der Waals surface area contributed by atoms with Gasteiger partial charge in [0.25, 0.3) is 0 Å². The van der Waals surface area contributed by atoms with Crippen molar-refractivity contribution < 1.29 is 0 Å². The molecule has 0 aliphatic rings. The van der Waals surface area contributed by atoms with E-state index >= 15 is 0 Å². The molecular weight excluding hydrogens is 410 g/mol. The van der Waals surface area contributed by atoms with Crippen LogP contribution in [-0.4, -0.2) is 6.54 Å². The molecule has 0 aromatic carbocycles. The van der Waals surface area contributed by atoms with Gasteiger partial charge in [-0.25, -0.2) is 0 Å². The van der Waals surface area contributed by atoms with E-state index < -0.39 is 0 Å². The molecule has 0 atom stereocenters. The number of hydrogen-bond donors (Lipinski definition) is 1. The first-order valence-electron chi connectivity index (χ1n) is 16.5.